The first kappa shape index (κ1) is 13.1. The molecule has 2 rings (SSSR count). The van der Waals surface area contributed by atoms with Crippen LogP contribution in [0.4, 0.5) is 19.3 Å². The summed E-state index contributed by atoms with van der Waals surface area (Å²) < 4.78 is 26.9. The van der Waals surface area contributed by atoms with Gasteiger partial charge in [0.15, 0.2) is 0 Å². The Labute approximate surface area is 106 Å². The van der Waals surface area contributed by atoms with Gasteiger partial charge in [-0.2, -0.15) is 8.78 Å². The SMILES string of the molecule is Cc1c(C(F)(F)P)nc2c(c1NC(N)=O)CCC2. The number of carbonyl (C=O) groups is 1. The average Bonchev–Trinajstić information content (AvgIpc) is 2.67. The lowest BCUT2D eigenvalue weighted by molar-refractivity contribution is 0.0977. The van der Waals surface area contributed by atoms with E-state index in [0.29, 0.717) is 17.8 Å². The van der Waals surface area contributed by atoms with E-state index in [1.807, 2.05) is 0 Å². The fourth-order valence-electron chi connectivity index (χ4n) is 2.30. The molecule has 0 aromatic carbocycles. The number of urea groups is 1. The lowest BCUT2D eigenvalue weighted by Crippen LogP contribution is -2.23. The molecule has 0 bridgehead atoms. The van der Waals surface area contributed by atoms with Gasteiger partial charge in [-0.05, 0) is 31.7 Å². The molecule has 0 radical (unpaired) electrons. The fourth-order valence-corrected chi connectivity index (χ4v) is 2.58. The molecular weight excluding hydrogens is 259 g/mol. The fraction of sp³-hybridized carbons (Fsp3) is 0.455. The van der Waals surface area contributed by atoms with Gasteiger partial charge in [0, 0.05) is 11.3 Å². The maximum Gasteiger partial charge on any atom is 0.316 e. The summed E-state index contributed by atoms with van der Waals surface area (Å²) in [6.45, 7) is 1.52. The number of fused-ring (bicyclic) bond motifs is 1. The van der Waals surface area contributed by atoms with Crippen molar-refractivity contribution in [2.45, 2.75) is 31.8 Å². The van der Waals surface area contributed by atoms with Crippen LogP contribution in [0.5, 0.6) is 0 Å². The summed E-state index contributed by atoms with van der Waals surface area (Å²) in [6, 6.07) is -0.753. The van der Waals surface area contributed by atoms with Crippen LogP contribution in [0.25, 0.3) is 0 Å². The number of nitrogens with two attached hydrogens (primary N) is 1. The van der Waals surface area contributed by atoms with Gasteiger partial charge >= 0.3 is 11.7 Å². The minimum atomic E-state index is -3.12. The quantitative estimate of drug-likeness (QED) is 0.812. The van der Waals surface area contributed by atoms with E-state index in [2.05, 4.69) is 10.3 Å². The van der Waals surface area contributed by atoms with E-state index in [1.54, 1.807) is 0 Å². The second kappa shape index (κ2) is 4.43. The summed E-state index contributed by atoms with van der Waals surface area (Å²) in [5.74, 6) is 0. The molecule has 1 aromatic heterocycles. The molecule has 1 unspecified atom stereocenters. The standard InChI is InChI=1S/C11H14F2N3OP/c1-5-8(16-10(14)17)6-3-2-4-7(6)15-9(5)11(12,13)18/h2-4,18H2,1H3,(H3,14,15,16,17). The minimum absolute atomic E-state index is 0.273. The Kier molecular flexibility index (Phi) is 3.23. The van der Waals surface area contributed by atoms with Gasteiger partial charge in [0.25, 0.3) is 0 Å². The van der Waals surface area contributed by atoms with Crippen LogP contribution in [-0.4, -0.2) is 11.0 Å². The van der Waals surface area contributed by atoms with Crippen molar-refractivity contribution in [2.24, 2.45) is 5.73 Å². The van der Waals surface area contributed by atoms with Gasteiger partial charge < -0.3 is 11.1 Å². The topological polar surface area (TPSA) is 68.0 Å². The number of nitrogens with zero attached hydrogens (tertiary/aromatic N) is 1. The van der Waals surface area contributed by atoms with Crippen LogP contribution in [0.3, 0.4) is 0 Å². The van der Waals surface area contributed by atoms with Crippen molar-refractivity contribution in [3.63, 3.8) is 0 Å². The van der Waals surface area contributed by atoms with Gasteiger partial charge in [-0.1, -0.05) is 9.24 Å². The van der Waals surface area contributed by atoms with E-state index in [0.717, 1.165) is 18.4 Å². The largest absolute Gasteiger partial charge is 0.351 e. The van der Waals surface area contributed by atoms with Crippen molar-refractivity contribution in [3.05, 3.63) is 22.5 Å². The number of aryl methyl sites for hydroxylation is 1. The number of halogens is 2. The highest BCUT2D eigenvalue weighted by Gasteiger charge is 2.33. The molecule has 3 N–H and O–H groups in total. The van der Waals surface area contributed by atoms with Crippen LogP contribution in [-0.2, 0) is 18.5 Å². The summed E-state index contributed by atoms with van der Waals surface area (Å²) in [7, 11) is 1.47. The normalized spacial score (nSPS) is 14.4. The van der Waals surface area contributed by atoms with Crippen molar-refractivity contribution in [1.82, 2.24) is 4.98 Å². The summed E-state index contributed by atoms with van der Waals surface area (Å²) in [5, 5.41) is 2.44. The van der Waals surface area contributed by atoms with Gasteiger partial charge in [0.05, 0.1) is 5.69 Å². The first-order chi connectivity index (χ1) is 8.30. The zero-order chi connectivity index (χ0) is 13.5. The van der Waals surface area contributed by atoms with Crippen LogP contribution < -0.4 is 11.1 Å². The Morgan fingerprint density at radius 2 is 2.17 bits per heavy atom. The van der Waals surface area contributed by atoms with Crippen molar-refractivity contribution >= 4 is 21.0 Å². The number of primary amides is 1. The molecule has 2 amide bonds. The van der Waals surface area contributed by atoms with Crippen molar-refractivity contribution in [3.8, 4) is 0 Å². The third-order valence-corrected chi connectivity index (χ3v) is 3.30. The van der Waals surface area contributed by atoms with E-state index in [4.69, 9.17) is 5.73 Å². The highest BCUT2D eigenvalue weighted by Crippen LogP contribution is 2.41. The van der Waals surface area contributed by atoms with Gasteiger partial charge in [0.1, 0.15) is 5.69 Å². The van der Waals surface area contributed by atoms with Gasteiger partial charge in [-0.15, -0.1) is 0 Å². The molecule has 0 aliphatic heterocycles. The predicted octanol–water partition coefficient (Wildman–Crippen LogP) is 2.29. The summed E-state index contributed by atoms with van der Waals surface area (Å²) in [5.41, 5.74) is 3.76. The molecule has 7 heteroatoms. The Bertz CT molecular complexity index is 514. The van der Waals surface area contributed by atoms with E-state index < -0.39 is 11.7 Å². The number of nitrogens with one attached hydrogen (secondary N) is 1. The molecule has 4 nitrogen and oxygen atoms in total. The van der Waals surface area contributed by atoms with Crippen molar-refractivity contribution in [2.75, 3.05) is 5.32 Å². The number of pyridine rings is 1. The zero-order valence-electron chi connectivity index (χ0n) is 9.89. The molecule has 0 saturated carbocycles. The maximum atomic E-state index is 13.5. The Balaban J connectivity index is 2.63. The molecule has 1 aliphatic carbocycles. The molecule has 0 fully saturated rings. The Morgan fingerprint density at radius 3 is 2.72 bits per heavy atom. The molecule has 1 aliphatic rings. The number of amides is 2. The molecule has 1 aromatic rings. The number of carbonyl (C=O) groups excluding carboxylic acids is 1. The van der Waals surface area contributed by atoms with E-state index >= 15 is 0 Å². The molecule has 0 saturated heterocycles. The van der Waals surface area contributed by atoms with E-state index in [1.165, 1.54) is 16.2 Å². The van der Waals surface area contributed by atoms with Crippen LogP contribution in [0.15, 0.2) is 0 Å². The van der Waals surface area contributed by atoms with E-state index in [9.17, 15) is 13.6 Å². The summed E-state index contributed by atoms with van der Waals surface area (Å²) in [4.78, 5) is 15.0. The van der Waals surface area contributed by atoms with Crippen LogP contribution in [0.1, 0.15) is 28.9 Å². The third kappa shape index (κ3) is 2.29. The molecule has 98 valence electrons. The molecule has 18 heavy (non-hydrogen) atoms. The first-order valence-corrected chi connectivity index (χ1v) is 6.14. The summed E-state index contributed by atoms with van der Waals surface area (Å²) >= 11 is 0. The Morgan fingerprint density at radius 1 is 1.50 bits per heavy atom. The number of hydrogen-bond acceptors (Lipinski definition) is 2. The average molecular weight is 273 g/mol. The number of aromatic nitrogens is 1. The number of hydrogen-bond donors (Lipinski definition) is 2. The monoisotopic (exact) mass is 273 g/mol. The maximum absolute atomic E-state index is 13.5. The van der Waals surface area contributed by atoms with Gasteiger partial charge in [0.2, 0.25) is 0 Å². The molecule has 1 heterocycles. The Hall–Kier alpha value is -1.29. The molecule has 1 atom stereocenters. The highest BCUT2D eigenvalue weighted by atomic mass is 31.0. The lowest BCUT2D eigenvalue weighted by atomic mass is 10.1. The second-order valence-corrected chi connectivity index (χ2v) is 5.08. The zero-order valence-corrected chi connectivity index (χ0v) is 11.0. The van der Waals surface area contributed by atoms with Gasteiger partial charge in [-0.3, -0.25) is 4.98 Å². The van der Waals surface area contributed by atoms with E-state index in [-0.39, 0.29) is 11.3 Å². The third-order valence-electron chi connectivity index (χ3n) is 3.03. The predicted molar refractivity (Wildman–Crippen MR) is 67.8 cm³/mol. The number of anilines is 1. The number of alkyl halides is 2. The highest BCUT2D eigenvalue weighted by molar-refractivity contribution is 7.17. The molecular formula is C11H14F2N3OP. The minimum Gasteiger partial charge on any atom is -0.351 e. The lowest BCUT2D eigenvalue weighted by Gasteiger charge is -2.19. The van der Waals surface area contributed by atoms with Crippen molar-refractivity contribution < 1.29 is 13.6 Å². The smallest absolute Gasteiger partial charge is 0.316 e. The van der Waals surface area contributed by atoms with Crippen LogP contribution in [0.2, 0.25) is 0 Å². The van der Waals surface area contributed by atoms with Crippen LogP contribution in [0, 0.1) is 6.92 Å². The number of rotatable bonds is 2. The summed E-state index contributed by atoms with van der Waals surface area (Å²) in [6.07, 6.45) is 2.22. The first-order valence-electron chi connectivity index (χ1n) is 5.56. The van der Waals surface area contributed by atoms with Gasteiger partial charge in [-0.25, -0.2) is 4.79 Å². The molecule has 0 spiro atoms. The van der Waals surface area contributed by atoms with Crippen molar-refractivity contribution in [1.29, 1.82) is 0 Å². The van der Waals surface area contributed by atoms with Crippen LogP contribution >= 0.6 is 9.24 Å². The second-order valence-electron chi connectivity index (χ2n) is 4.35.